The molecule has 128 valence electrons. The second kappa shape index (κ2) is 9.21. The fourth-order valence-electron chi connectivity index (χ4n) is 2.51. The van der Waals surface area contributed by atoms with E-state index in [4.69, 9.17) is 0 Å². The topological polar surface area (TPSA) is 61.4 Å². The Hall–Kier alpha value is -2.17. The Morgan fingerprint density at radius 2 is 1.88 bits per heavy atom. The number of benzene rings is 2. The smallest absolute Gasteiger partial charge is 0.251 e. The van der Waals surface area contributed by atoms with E-state index in [0.29, 0.717) is 18.7 Å². The van der Waals surface area contributed by atoms with Crippen molar-refractivity contribution in [2.75, 3.05) is 6.54 Å². The van der Waals surface area contributed by atoms with Crippen molar-refractivity contribution in [1.82, 2.24) is 10.6 Å². The van der Waals surface area contributed by atoms with E-state index < -0.39 is 0 Å². The number of amides is 1. The highest BCUT2D eigenvalue weighted by molar-refractivity contribution is 5.94. The normalized spacial score (nSPS) is 12.0. The molecule has 0 aromatic heterocycles. The average molecular weight is 326 g/mol. The highest BCUT2D eigenvalue weighted by Crippen LogP contribution is 2.15. The van der Waals surface area contributed by atoms with Crippen LogP contribution in [0.2, 0.25) is 0 Å². The predicted octanol–water partition coefficient (Wildman–Crippen LogP) is 3.17. The molecule has 4 nitrogen and oxygen atoms in total. The van der Waals surface area contributed by atoms with Crippen molar-refractivity contribution < 1.29 is 9.90 Å². The van der Waals surface area contributed by atoms with Gasteiger partial charge in [-0.15, -0.1) is 0 Å². The first-order valence-corrected chi connectivity index (χ1v) is 8.44. The fourth-order valence-corrected chi connectivity index (χ4v) is 2.51. The zero-order valence-corrected chi connectivity index (χ0v) is 14.4. The molecule has 0 saturated heterocycles. The summed E-state index contributed by atoms with van der Waals surface area (Å²) in [4.78, 5) is 12.0. The van der Waals surface area contributed by atoms with Crippen molar-refractivity contribution in [2.45, 2.75) is 39.5 Å². The van der Waals surface area contributed by atoms with E-state index in [2.05, 4.69) is 17.6 Å². The molecule has 0 bridgehead atoms. The first-order valence-electron chi connectivity index (χ1n) is 8.44. The van der Waals surface area contributed by atoms with Crippen molar-refractivity contribution in [2.24, 2.45) is 0 Å². The summed E-state index contributed by atoms with van der Waals surface area (Å²) < 4.78 is 0. The summed E-state index contributed by atoms with van der Waals surface area (Å²) in [5.74, 6) is -0.0256. The van der Waals surface area contributed by atoms with Crippen LogP contribution in [-0.4, -0.2) is 17.6 Å². The molecule has 0 aliphatic carbocycles. The summed E-state index contributed by atoms with van der Waals surface area (Å²) in [7, 11) is 0. The van der Waals surface area contributed by atoms with Crippen LogP contribution in [0.15, 0.2) is 48.5 Å². The van der Waals surface area contributed by atoms with Crippen molar-refractivity contribution in [3.8, 4) is 0 Å². The Bertz CT molecular complexity index is 670. The zero-order chi connectivity index (χ0) is 17.4. The van der Waals surface area contributed by atoms with Crippen molar-refractivity contribution in [3.63, 3.8) is 0 Å². The lowest BCUT2D eigenvalue weighted by molar-refractivity contribution is 0.0953. The third kappa shape index (κ3) is 5.18. The molecule has 0 aliphatic heterocycles. The van der Waals surface area contributed by atoms with Gasteiger partial charge in [-0.2, -0.15) is 0 Å². The minimum absolute atomic E-state index is 0.0256. The van der Waals surface area contributed by atoms with Crippen LogP contribution in [0, 0.1) is 0 Å². The monoisotopic (exact) mass is 326 g/mol. The first kappa shape index (κ1) is 18.2. The number of aliphatic hydroxyl groups is 1. The van der Waals surface area contributed by atoms with Gasteiger partial charge in [0.05, 0.1) is 6.61 Å². The van der Waals surface area contributed by atoms with Crippen molar-refractivity contribution >= 4 is 5.91 Å². The third-order valence-electron chi connectivity index (χ3n) is 3.97. The molecule has 0 fully saturated rings. The highest BCUT2D eigenvalue weighted by atomic mass is 16.3. The number of rotatable bonds is 8. The van der Waals surface area contributed by atoms with Crippen LogP contribution >= 0.6 is 0 Å². The van der Waals surface area contributed by atoms with E-state index in [0.717, 1.165) is 23.1 Å². The van der Waals surface area contributed by atoms with Crippen LogP contribution in [0.3, 0.4) is 0 Å². The predicted molar refractivity (Wildman–Crippen MR) is 96.7 cm³/mol. The Labute approximate surface area is 143 Å². The second-order valence-corrected chi connectivity index (χ2v) is 5.96. The van der Waals surface area contributed by atoms with Gasteiger partial charge in [0, 0.05) is 24.7 Å². The summed E-state index contributed by atoms with van der Waals surface area (Å²) in [6.45, 7) is 5.55. The van der Waals surface area contributed by atoms with Gasteiger partial charge in [-0.1, -0.05) is 43.3 Å². The summed E-state index contributed by atoms with van der Waals surface area (Å²) in [5.41, 5.74) is 3.82. The van der Waals surface area contributed by atoms with E-state index >= 15 is 0 Å². The van der Waals surface area contributed by atoms with Crippen LogP contribution in [0.1, 0.15) is 53.4 Å². The van der Waals surface area contributed by atoms with Gasteiger partial charge in [-0.3, -0.25) is 4.79 Å². The second-order valence-electron chi connectivity index (χ2n) is 5.96. The summed E-state index contributed by atoms with van der Waals surface area (Å²) in [5, 5.41) is 15.6. The minimum Gasteiger partial charge on any atom is -0.392 e. The van der Waals surface area contributed by atoms with E-state index in [-0.39, 0.29) is 18.6 Å². The van der Waals surface area contributed by atoms with E-state index in [9.17, 15) is 9.90 Å². The van der Waals surface area contributed by atoms with Gasteiger partial charge in [0.2, 0.25) is 0 Å². The molecule has 0 spiro atoms. The Balaban J connectivity index is 1.97. The van der Waals surface area contributed by atoms with Gasteiger partial charge in [0.15, 0.2) is 0 Å². The number of aliphatic hydroxyl groups excluding tert-OH is 1. The maximum absolute atomic E-state index is 12.0. The quantitative estimate of drug-likeness (QED) is 0.698. The van der Waals surface area contributed by atoms with E-state index in [1.54, 1.807) is 0 Å². The Morgan fingerprint density at radius 1 is 1.12 bits per heavy atom. The molecule has 1 amide bonds. The SMILES string of the molecule is CCCNC(=O)c1cccc(CNC(C)c2cccc(CO)c2)c1. The maximum atomic E-state index is 12.0. The number of hydrogen-bond acceptors (Lipinski definition) is 3. The molecule has 1 atom stereocenters. The molecular formula is C20H26N2O2. The Morgan fingerprint density at radius 3 is 2.62 bits per heavy atom. The largest absolute Gasteiger partial charge is 0.392 e. The summed E-state index contributed by atoms with van der Waals surface area (Å²) in [6, 6.07) is 15.8. The molecule has 3 N–H and O–H groups in total. The third-order valence-corrected chi connectivity index (χ3v) is 3.97. The molecule has 2 aromatic rings. The van der Waals surface area contributed by atoms with Crippen molar-refractivity contribution in [1.29, 1.82) is 0 Å². The first-order chi connectivity index (χ1) is 11.6. The standard InChI is InChI=1S/C20H26N2O2/c1-3-10-21-20(24)19-9-4-6-16(11-19)13-22-15(2)18-8-5-7-17(12-18)14-23/h4-9,11-12,15,22-23H,3,10,13-14H2,1-2H3,(H,21,24). The van der Waals surface area contributed by atoms with Gasteiger partial charge >= 0.3 is 0 Å². The van der Waals surface area contributed by atoms with Gasteiger partial charge in [-0.25, -0.2) is 0 Å². The molecule has 2 aromatic carbocycles. The Kier molecular flexibility index (Phi) is 6.97. The minimum atomic E-state index is -0.0256. The van der Waals surface area contributed by atoms with Gasteiger partial charge in [-0.05, 0) is 42.2 Å². The van der Waals surface area contributed by atoms with Gasteiger partial charge in [0.1, 0.15) is 0 Å². The van der Waals surface area contributed by atoms with Crippen LogP contribution in [0.4, 0.5) is 0 Å². The molecular weight excluding hydrogens is 300 g/mol. The average Bonchev–Trinajstić information content (AvgIpc) is 2.64. The lowest BCUT2D eigenvalue weighted by atomic mass is 10.0. The van der Waals surface area contributed by atoms with Gasteiger partial charge in [0.25, 0.3) is 5.91 Å². The summed E-state index contributed by atoms with van der Waals surface area (Å²) >= 11 is 0. The zero-order valence-electron chi connectivity index (χ0n) is 14.4. The highest BCUT2D eigenvalue weighted by Gasteiger charge is 2.08. The van der Waals surface area contributed by atoms with Gasteiger partial charge < -0.3 is 15.7 Å². The van der Waals surface area contributed by atoms with E-state index in [1.165, 1.54) is 0 Å². The van der Waals surface area contributed by atoms with Crippen LogP contribution in [0.25, 0.3) is 0 Å². The molecule has 1 unspecified atom stereocenters. The van der Waals surface area contributed by atoms with Crippen LogP contribution in [-0.2, 0) is 13.2 Å². The molecule has 24 heavy (non-hydrogen) atoms. The number of carbonyl (C=O) groups is 1. The molecule has 4 heteroatoms. The number of nitrogens with one attached hydrogen (secondary N) is 2. The van der Waals surface area contributed by atoms with Crippen LogP contribution < -0.4 is 10.6 Å². The molecule has 0 aliphatic rings. The molecule has 0 saturated carbocycles. The van der Waals surface area contributed by atoms with Crippen LogP contribution in [0.5, 0.6) is 0 Å². The van der Waals surface area contributed by atoms with Crippen molar-refractivity contribution in [3.05, 3.63) is 70.8 Å². The molecule has 0 radical (unpaired) electrons. The molecule has 2 rings (SSSR count). The number of hydrogen-bond donors (Lipinski definition) is 3. The molecule has 0 heterocycles. The maximum Gasteiger partial charge on any atom is 0.251 e. The summed E-state index contributed by atoms with van der Waals surface area (Å²) in [6.07, 6.45) is 0.928. The lowest BCUT2D eigenvalue weighted by Gasteiger charge is -2.15. The number of carbonyl (C=O) groups excluding carboxylic acids is 1. The lowest BCUT2D eigenvalue weighted by Crippen LogP contribution is -2.24. The van der Waals surface area contributed by atoms with E-state index in [1.807, 2.05) is 55.5 Å². The fraction of sp³-hybridized carbons (Fsp3) is 0.350.